The molecule has 2 N–H and O–H groups in total. The van der Waals surface area contributed by atoms with Crippen molar-refractivity contribution >= 4 is 53.1 Å². The summed E-state index contributed by atoms with van der Waals surface area (Å²) in [5.41, 5.74) is 0.938. The Morgan fingerprint density at radius 1 is 1.30 bits per heavy atom. The number of nitrogens with zero attached hydrogens (tertiary/aromatic N) is 3. The van der Waals surface area contributed by atoms with E-state index in [1.165, 1.54) is 25.7 Å². The molecule has 0 aliphatic rings. The van der Waals surface area contributed by atoms with E-state index in [2.05, 4.69) is 20.3 Å². The summed E-state index contributed by atoms with van der Waals surface area (Å²) in [4.78, 5) is 35.8. The first-order valence-electron chi connectivity index (χ1n) is 8.82. The zero-order chi connectivity index (χ0) is 21.8. The number of ether oxygens (including phenoxy) is 1. The standard InChI is InChI=1S/C19H17Cl2N5O3S/c1-3-14(10-4-5-11(20)12(21)8-10)26-15(18(28)29-2)16(25-19(26)30)24-17(27)13-9-22-6-7-23-13/h4-9,14H,3H2,1-2H3,(H,24,27)(H,25,30). The van der Waals surface area contributed by atoms with Gasteiger partial charge in [0.1, 0.15) is 11.5 Å². The minimum absolute atomic E-state index is 0.0673. The molecule has 1 aromatic carbocycles. The number of methoxy groups -OCH3 is 1. The second kappa shape index (κ2) is 9.38. The zero-order valence-corrected chi connectivity index (χ0v) is 18.3. The lowest BCUT2D eigenvalue weighted by Crippen LogP contribution is -2.20. The molecule has 3 rings (SSSR count). The van der Waals surface area contributed by atoms with E-state index in [9.17, 15) is 9.59 Å². The van der Waals surface area contributed by atoms with E-state index in [0.29, 0.717) is 16.5 Å². The van der Waals surface area contributed by atoms with Crippen LogP contribution < -0.4 is 5.32 Å². The number of rotatable bonds is 6. The summed E-state index contributed by atoms with van der Waals surface area (Å²) >= 11 is 17.7. The highest BCUT2D eigenvalue weighted by Crippen LogP contribution is 2.32. The normalized spacial score (nSPS) is 11.7. The second-order valence-electron chi connectivity index (χ2n) is 6.16. The monoisotopic (exact) mass is 465 g/mol. The summed E-state index contributed by atoms with van der Waals surface area (Å²) in [6, 6.07) is 4.83. The van der Waals surface area contributed by atoms with Gasteiger partial charge in [-0.05, 0) is 36.3 Å². The van der Waals surface area contributed by atoms with Crippen molar-refractivity contribution < 1.29 is 14.3 Å². The lowest BCUT2D eigenvalue weighted by molar-refractivity contribution is 0.0588. The predicted molar refractivity (Wildman–Crippen MR) is 116 cm³/mol. The number of carbonyl (C=O) groups excluding carboxylic acids is 2. The molecule has 0 saturated heterocycles. The highest BCUT2D eigenvalue weighted by molar-refractivity contribution is 7.71. The molecule has 0 aliphatic carbocycles. The van der Waals surface area contributed by atoms with Crippen LogP contribution >= 0.6 is 35.4 Å². The fourth-order valence-electron chi connectivity index (χ4n) is 3.01. The molecule has 0 saturated carbocycles. The number of anilines is 1. The topological polar surface area (TPSA) is 102 Å². The van der Waals surface area contributed by atoms with Crippen LogP contribution in [-0.2, 0) is 4.74 Å². The summed E-state index contributed by atoms with van der Waals surface area (Å²) in [6.45, 7) is 1.93. The summed E-state index contributed by atoms with van der Waals surface area (Å²) in [6.07, 6.45) is 4.72. The molecule has 156 valence electrons. The van der Waals surface area contributed by atoms with Gasteiger partial charge in [0.05, 0.1) is 29.4 Å². The molecular formula is C19H17Cl2N5O3S. The number of carbonyl (C=O) groups is 2. The van der Waals surface area contributed by atoms with Crippen molar-refractivity contribution in [2.24, 2.45) is 0 Å². The predicted octanol–water partition coefficient (Wildman–Crippen LogP) is 4.68. The minimum atomic E-state index is -0.671. The number of amides is 1. The van der Waals surface area contributed by atoms with Crippen LogP contribution in [0, 0.1) is 4.77 Å². The van der Waals surface area contributed by atoms with Gasteiger partial charge in [0, 0.05) is 12.4 Å². The van der Waals surface area contributed by atoms with Crippen LogP contribution in [0.5, 0.6) is 0 Å². The fourth-order valence-corrected chi connectivity index (χ4v) is 3.64. The van der Waals surface area contributed by atoms with Crippen molar-refractivity contribution in [3.05, 3.63) is 68.6 Å². The van der Waals surface area contributed by atoms with Crippen LogP contribution in [0.1, 0.15) is 45.9 Å². The van der Waals surface area contributed by atoms with E-state index in [1.54, 1.807) is 22.8 Å². The Morgan fingerprint density at radius 2 is 2.07 bits per heavy atom. The van der Waals surface area contributed by atoms with E-state index in [-0.39, 0.29) is 28.0 Å². The Balaban J connectivity index is 2.10. The Kier molecular flexibility index (Phi) is 6.86. The number of nitrogens with one attached hydrogen (secondary N) is 2. The molecule has 2 aromatic heterocycles. The van der Waals surface area contributed by atoms with Gasteiger partial charge in [-0.2, -0.15) is 0 Å². The summed E-state index contributed by atoms with van der Waals surface area (Å²) in [5, 5.41) is 3.42. The van der Waals surface area contributed by atoms with E-state index in [4.69, 9.17) is 40.2 Å². The molecule has 0 fully saturated rings. The van der Waals surface area contributed by atoms with Gasteiger partial charge < -0.3 is 19.6 Å². The van der Waals surface area contributed by atoms with E-state index < -0.39 is 11.9 Å². The third kappa shape index (κ3) is 4.38. The molecule has 11 heteroatoms. The Bertz CT molecular complexity index is 1150. The Labute approximate surface area is 187 Å². The van der Waals surface area contributed by atoms with Gasteiger partial charge in [-0.15, -0.1) is 0 Å². The molecule has 2 heterocycles. The maximum Gasteiger partial charge on any atom is 0.358 e. The quantitative estimate of drug-likeness (QED) is 0.404. The smallest absolute Gasteiger partial charge is 0.358 e. The van der Waals surface area contributed by atoms with Gasteiger partial charge in [0.2, 0.25) is 0 Å². The number of esters is 1. The largest absolute Gasteiger partial charge is 0.464 e. The van der Waals surface area contributed by atoms with Crippen molar-refractivity contribution in [2.45, 2.75) is 19.4 Å². The second-order valence-corrected chi connectivity index (χ2v) is 7.36. The average molecular weight is 466 g/mol. The summed E-state index contributed by atoms with van der Waals surface area (Å²) < 4.78 is 6.75. The fraction of sp³-hybridized carbons (Fsp3) is 0.211. The average Bonchev–Trinajstić information content (AvgIpc) is 3.06. The van der Waals surface area contributed by atoms with Crippen LogP contribution in [0.3, 0.4) is 0 Å². The molecule has 1 amide bonds. The van der Waals surface area contributed by atoms with E-state index >= 15 is 0 Å². The summed E-state index contributed by atoms with van der Waals surface area (Å²) in [7, 11) is 1.25. The number of aromatic amines is 1. The van der Waals surface area contributed by atoms with Crippen LogP contribution in [0.4, 0.5) is 5.82 Å². The van der Waals surface area contributed by atoms with Crippen molar-refractivity contribution in [3.63, 3.8) is 0 Å². The first-order chi connectivity index (χ1) is 14.4. The molecule has 8 nitrogen and oxygen atoms in total. The molecule has 1 unspecified atom stereocenters. The minimum Gasteiger partial charge on any atom is -0.464 e. The first-order valence-corrected chi connectivity index (χ1v) is 9.98. The molecule has 1 atom stereocenters. The van der Waals surface area contributed by atoms with Gasteiger partial charge in [0.15, 0.2) is 10.5 Å². The molecule has 0 aliphatic heterocycles. The SMILES string of the molecule is CCC(c1ccc(Cl)c(Cl)c1)n1c(C(=O)OC)c(NC(=O)c2cnccn2)[nH]c1=S. The van der Waals surface area contributed by atoms with Crippen LogP contribution in [0.2, 0.25) is 10.0 Å². The number of halogens is 2. The van der Waals surface area contributed by atoms with Gasteiger partial charge >= 0.3 is 5.97 Å². The number of aromatic nitrogens is 4. The lowest BCUT2D eigenvalue weighted by atomic mass is 10.0. The number of H-pyrrole nitrogens is 1. The third-order valence-corrected chi connectivity index (χ3v) is 5.41. The third-order valence-electron chi connectivity index (χ3n) is 4.37. The van der Waals surface area contributed by atoms with Crippen molar-refractivity contribution in [3.8, 4) is 0 Å². The van der Waals surface area contributed by atoms with Gasteiger partial charge in [-0.25, -0.2) is 9.78 Å². The Hall–Kier alpha value is -2.75. The number of imidazole rings is 1. The lowest BCUT2D eigenvalue weighted by Gasteiger charge is -2.20. The van der Waals surface area contributed by atoms with E-state index in [1.807, 2.05) is 6.92 Å². The van der Waals surface area contributed by atoms with E-state index in [0.717, 1.165) is 5.56 Å². The number of benzene rings is 1. The molecule has 0 bridgehead atoms. The number of hydrogen-bond donors (Lipinski definition) is 2. The van der Waals surface area contributed by atoms with Gasteiger partial charge in [0.25, 0.3) is 5.91 Å². The van der Waals surface area contributed by atoms with Gasteiger partial charge in [-0.1, -0.05) is 36.2 Å². The molecule has 3 aromatic rings. The molecular weight excluding hydrogens is 449 g/mol. The maximum atomic E-state index is 12.6. The van der Waals surface area contributed by atoms with Crippen LogP contribution in [0.25, 0.3) is 0 Å². The zero-order valence-electron chi connectivity index (χ0n) is 16.0. The van der Waals surface area contributed by atoms with Crippen molar-refractivity contribution in [1.29, 1.82) is 0 Å². The van der Waals surface area contributed by atoms with Gasteiger partial charge in [-0.3, -0.25) is 9.78 Å². The molecule has 0 spiro atoms. The first kappa shape index (κ1) is 21.9. The molecule has 30 heavy (non-hydrogen) atoms. The van der Waals surface area contributed by atoms with Crippen molar-refractivity contribution in [1.82, 2.24) is 19.5 Å². The molecule has 0 radical (unpaired) electrons. The van der Waals surface area contributed by atoms with Crippen LogP contribution in [-0.4, -0.2) is 38.5 Å². The van der Waals surface area contributed by atoms with Crippen LogP contribution in [0.15, 0.2) is 36.8 Å². The summed E-state index contributed by atoms with van der Waals surface area (Å²) in [5.74, 6) is -1.13. The highest BCUT2D eigenvalue weighted by atomic mass is 35.5. The number of hydrogen-bond acceptors (Lipinski definition) is 6. The highest BCUT2D eigenvalue weighted by Gasteiger charge is 2.27. The maximum absolute atomic E-state index is 12.6. The Morgan fingerprint density at radius 3 is 2.67 bits per heavy atom. The van der Waals surface area contributed by atoms with Crippen molar-refractivity contribution in [2.75, 3.05) is 12.4 Å².